The smallest absolute Gasteiger partial charge is 0.335 e. The van der Waals surface area contributed by atoms with E-state index in [-0.39, 0.29) is 24.1 Å². The number of carboxylic acids is 1. The minimum Gasteiger partial charge on any atom is -0.483 e. The van der Waals surface area contributed by atoms with Crippen molar-refractivity contribution in [1.29, 1.82) is 0 Å². The lowest BCUT2D eigenvalue weighted by molar-refractivity contribution is -0.123. The maximum absolute atomic E-state index is 11.7. The van der Waals surface area contributed by atoms with E-state index in [4.69, 9.17) is 9.84 Å². The van der Waals surface area contributed by atoms with Crippen molar-refractivity contribution in [2.75, 3.05) is 6.61 Å². The summed E-state index contributed by atoms with van der Waals surface area (Å²) in [5, 5.41) is 11.8. The van der Waals surface area contributed by atoms with Gasteiger partial charge in [0, 0.05) is 6.04 Å². The van der Waals surface area contributed by atoms with Gasteiger partial charge in [0.15, 0.2) is 6.61 Å². The highest BCUT2D eigenvalue weighted by Gasteiger charge is 2.17. The van der Waals surface area contributed by atoms with Gasteiger partial charge in [0.05, 0.1) is 10.0 Å². The first kappa shape index (κ1) is 14.8. The molecule has 0 saturated heterocycles. The maximum atomic E-state index is 11.7. The summed E-state index contributed by atoms with van der Waals surface area (Å²) in [5.41, 5.74) is 0.124. The molecule has 1 aromatic rings. The summed E-state index contributed by atoms with van der Waals surface area (Å²) < 4.78 is 6.00. The zero-order chi connectivity index (χ0) is 14.5. The Labute approximate surface area is 125 Å². The SMILES string of the molecule is O=C(COc1cc(C(=O)O)ccc1Br)NC1CCCC1. The van der Waals surface area contributed by atoms with Crippen LogP contribution in [0, 0.1) is 0 Å². The van der Waals surface area contributed by atoms with Crippen LogP contribution < -0.4 is 10.1 Å². The highest BCUT2D eigenvalue weighted by Crippen LogP contribution is 2.26. The van der Waals surface area contributed by atoms with E-state index < -0.39 is 5.97 Å². The molecule has 1 amide bonds. The van der Waals surface area contributed by atoms with E-state index in [2.05, 4.69) is 21.2 Å². The first-order valence-corrected chi connectivity index (χ1v) is 7.30. The fraction of sp³-hybridized carbons (Fsp3) is 0.429. The topological polar surface area (TPSA) is 75.6 Å². The van der Waals surface area contributed by atoms with Crippen LogP contribution in [0.15, 0.2) is 22.7 Å². The number of ether oxygens (including phenoxy) is 1. The lowest BCUT2D eigenvalue weighted by atomic mass is 10.2. The first-order valence-electron chi connectivity index (χ1n) is 6.51. The second-order valence-corrected chi connectivity index (χ2v) is 5.64. The molecule has 1 aliphatic carbocycles. The summed E-state index contributed by atoms with van der Waals surface area (Å²) in [4.78, 5) is 22.6. The second-order valence-electron chi connectivity index (χ2n) is 4.79. The van der Waals surface area contributed by atoms with Gasteiger partial charge >= 0.3 is 5.97 Å². The average molecular weight is 342 g/mol. The van der Waals surface area contributed by atoms with Gasteiger partial charge in [-0.1, -0.05) is 12.8 Å². The highest BCUT2D eigenvalue weighted by molar-refractivity contribution is 9.10. The predicted molar refractivity (Wildman–Crippen MR) is 77.0 cm³/mol. The molecule has 108 valence electrons. The van der Waals surface area contributed by atoms with Crippen molar-refractivity contribution in [3.05, 3.63) is 28.2 Å². The Morgan fingerprint density at radius 1 is 1.35 bits per heavy atom. The van der Waals surface area contributed by atoms with Crippen molar-refractivity contribution in [1.82, 2.24) is 5.32 Å². The van der Waals surface area contributed by atoms with Crippen LogP contribution in [0.25, 0.3) is 0 Å². The number of rotatable bonds is 5. The van der Waals surface area contributed by atoms with Crippen molar-refractivity contribution in [3.63, 3.8) is 0 Å². The number of benzene rings is 1. The Balaban J connectivity index is 1.90. The molecule has 0 spiro atoms. The fourth-order valence-corrected chi connectivity index (χ4v) is 2.59. The van der Waals surface area contributed by atoms with Crippen LogP contribution in [-0.4, -0.2) is 29.6 Å². The van der Waals surface area contributed by atoms with Gasteiger partial charge in [-0.2, -0.15) is 0 Å². The number of carboxylic acid groups (broad SMARTS) is 1. The standard InChI is InChI=1S/C14H16BrNO4/c15-11-6-5-9(14(18)19)7-12(11)20-8-13(17)16-10-3-1-2-4-10/h5-7,10H,1-4,8H2,(H,16,17)(H,18,19). The average Bonchev–Trinajstić information content (AvgIpc) is 2.90. The molecule has 0 radical (unpaired) electrons. The van der Waals surface area contributed by atoms with E-state index in [9.17, 15) is 9.59 Å². The lowest BCUT2D eigenvalue weighted by Gasteiger charge is -2.13. The zero-order valence-electron chi connectivity index (χ0n) is 10.9. The Morgan fingerprint density at radius 2 is 2.05 bits per heavy atom. The van der Waals surface area contributed by atoms with E-state index in [0.717, 1.165) is 25.7 Å². The van der Waals surface area contributed by atoms with E-state index in [1.54, 1.807) is 6.07 Å². The van der Waals surface area contributed by atoms with Crippen LogP contribution in [0.2, 0.25) is 0 Å². The third-order valence-electron chi connectivity index (χ3n) is 3.26. The van der Waals surface area contributed by atoms with Crippen LogP contribution in [0.5, 0.6) is 5.75 Å². The molecule has 1 aliphatic rings. The normalized spacial score (nSPS) is 15.1. The largest absolute Gasteiger partial charge is 0.483 e. The maximum Gasteiger partial charge on any atom is 0.335 e. The summed E-state index contributed by atoms with van der Waals surface area (Å²) in [6.07, 6.45) is 4.34. The van der Waals surface area contributed by atoms with Gasteiger partial charge in [-0.25, -0.2) is 4.79 Å². The Bertz CT molecular complexity index is 512. The molecule has 1 aromatic carbocycles. The highest BCUT2D eigenvalue weighted by atomic mass is 79.9. The van der Waals surface area contributed by atoms with E-state index in [1.807, 2.05) is 0 Å². The summed E-state index contributed by atoms with van der Waals surface area (Å²) in [6, 6.07) is 4.71. The number of carbonyl (C=O) groups excluding carboxylic acids is 1. The van der Waals surface area contributed by atoms with Crippen LogP contribution in [-0.2, 0) is 4.79 Å². The van der Waals surface area contributed by atoms with Gasteiger partial charge in [-0.3, -0.25) is 4.79 Å². The summed E-state index contributed by atoms with van der Waals surface area (Å²) in [5.74, 6) is -0.853. The van der Waals surface area contributed by atoms with Crippen LogP contribution in [0.4, 0.5) is 0 Å². The molecule has 2 N–H and O–H groups in total. The van der Waals surface area contributed by atoms with Crippen LogP contribution in [0.3, 0.4) is 0 Å². The molecule has 6 heteroatoms. The van der Waals surface area contributed by atoms with Gasteiger partial charge < -0.3 is 15.2 Å². The van der Waals surface area contributed by atoms with Crippen LogP contribution >= 0.6 is 15.9 Å². The predicted octanol–water partition coefficient (Wildman–Crippen LogP) is 2.58. The monoisotopic (exact) mass is 341 g/mol. The molecule has 20 heavy (non-hydrogen) atoms. The molecule has 1 saturated carbocycles. The molecule has 0 unspecified atom stereocenters. The summed E-state index contributed by atoms with van der Waals surface area (Å²) in [7, 11) is 0. The second kappa shape index (κ2) is 6.74. The number of amides is 1. The van der Waals surface area contributed by atoms with Crippen molar-refractivity contribution < 1.29 is 19.4 Å². The van der Waals surface area contributed by atoms with Gasteiger partial charge in [-0.15, -0.1) is 0 Å². The number of carbonyl (C=O) groups is 2. The molecule has 0 atom stereocenters. The molecule has 0 aromatic heterocycles. The summed E-state index contributed by atoms with van der Waals surface area (Å²) >= 11 is 3.27. The molecule has 2 rings (SSSR count). The van der Waals surface area contributed by atoms with Crippen molar-refractivity contribution >= 4 is 27.8 Å². The minimum absolute atomic E-state index is 0.113. The van der Waals surface area contributed by atoms with Crippen LogP contribution in [0.1, 0.15) is 36.0 Å². The Hall–Kier alpha value is -1.56. The van der Waals surface area contributed by atoms with E-state index in [0.29, 0.717) is 10.2 Å². The number of aromatic carboxylic acids is 1. The lowest BCUT2D eigenvalue weighted by Crippen LogP contribution is -2.36. The molecule has 5 nitrogen and oxygen atoms in total. The number of nitrogens with one attached hydrogen (secondary N) is 1. The number of hydrogen-bond acceptors (Lipinski definition) is 3. The van der Waals surface area contributed by atoms with Gasteiger partial charge in [0.25, 0.3) is 5.91 Å². The molecule has 0 bridgehead atoms. The first-order chi connectivity index (χ1) is 9.56. The summed E-state index contributed by atoms with van der Waals surface area (Å²) in [6.45, 7) is -0.113. The van der Waals surface area contributed by atoms with E-state index in [1.165, 1.54) is 12.1 Å². The van der Waals surface area contributed by atoms with Gasteiger partial charge in [-0.05, 0) is 47.0 Å². The van der Waals surface area contributed by atoms with E-state index >= 15 is 0 Å². The van der Waals surface area contributed by atoms with Crippen molar-refractivity contribution in [2.45, 2.75) is 31.7 Å². The number of hydrogen-bond donors (Lipinski definition) is 2. The third kappa shape index (κ3) is 3.96. The molecule has 0 heterocycles. The molecule has 0 aliphatic heterocycles. The minimum atomic E-state index is -1.03. The molecule has 1 fully saturated rings. The van der Waals surface area contributed by atoms with Crippen molar-refractivity contribution in [2.24, 2.45) is 0 Å². The molecular weight excluding hydrogens is 326 g/mol. The Morgan fingerprint density at radius 3 is 2.70 bits per heavy atom. The zero-order valence-corrected chi connectivity index (χ0v) is 12.5. The van der Waals surface area contributed by atoms with Gasteiger partial charge in [0.1, 0.15) is 5.75 Å². The fourth-order valence-electron chi connectivity index (χ4n) is 2.23. The van der Waals surface area contributed by atoms with Gasteiger partial charge in [0.2, 0.25) is 0 Å². The third-order valence-corrected chi connectivity index (χ3v) is 3.91. The number of halogens is 1. The molecular formula is C14H16BrNO4. The Kier molecular flexibility index (Phi) is 5.00. The van der Waals surface area contributed by atoms with Crippen molar-refractivity contribution in [3.8, 4) is 5.75 Å². The quantitative estimate of drug-likeness (QED) is 0.862.